The maximum atomic E-state index is 12.8. The second-order valence-electron chi connectivity index (χ2n) is 3.85. The quantitative estimate of drug-likeness (QED) is 0.918. The number of amides is 1. The van der Waals surface area contributed by atoms with E-state index in [0.29, 0.717) is 5.82 Å². The molecule has 2 rings (SSSR count). The first-order chi connectivity index (χ1) is 9.10. The monoisotopic (exact) mass is 264 g/mol. The number of hydrogen-bond donors (Lipinski definition) is 1. The Bertz CT molecular complexity index is 567. The lowest BCUT2D eigenvalue weighted by Gasteiger charge is -2.13. The molecule has 2 heterocycles. The first-order valence-electron chi connectivity index (χ1n) is 5.65. The van der Waals surface area contributed by atoms with Crippen molar-refractivity contribution in [1.29, 1.82) is 0 Å². The van der Waals surface area contributed by atoms with E-state index in [1.165, 1.54) is 17.9 Å². The molecule has 0 bridgehead atoms. The van der Waals surface area contributed by atoms with Crippen molar-refractivity contribution in [3.8, 4) is 5.82 Å². The van der Waals surface area contributed by atoms with Gasteiger partial charge in [-0.2, -0.15) is 5.10 Å². The summed E-state index contributed by atoms with van der Waals surface area (Å²) in [5.41, 5.74) is 0.736. The maximum Gasteiger partial charge on any atom is 0.407 e. The van der Waals surface area contributed by atoms with E-state index < -0.39 is 18.0 Å². The van der Waals surface area contributed by atoms with E-state index in [-0.39, 0.29) is 0 Å². The molecule has 6 nitrogen and oxygen atoms in total. The molecule has 19 heavy (non-hydrogen) atoms. The molecule has 0 aliphatic rings. The number of aromatic nitrogens is 3. The van der Waals surface area contributed by atoms with Crippen LogP contribution < -0.4 is 5.32 Å². The zero-order chi connectivity index (χ0) is 13.8. The number of alkyl carbamates (subject to hydrolysis) is 1. The van der Waals surface area contributed by atoms with Gasteiger partial charge in [-0.1, -0.05) is 6.07 Å². The Balaban J connectivity index is 2.12. The summed E-state index contributed by atoms with van der Waals surface area (Å²) < 4.78 is 19.2. The SMILES string of the molecule is CNC(=O)OC(C)c1ccc(-n2cc(F)cn2)nc1. The minimum absolute atomic E-state index is 0.421. The van der Waals surface area contributed by atoms with Gasteiger partial charge in [-0.05, 0) is 13.0 Å². The number of nitrogens with zero attached hydrogens (tertiary/aromatic N) is 3. The van der Waals surface area contributed by atoms with Gasteiger partial charge in [-0.25, -0.2) is 18.9 Å². The standard InChI is InChI=1S/C12H13FN4O2/c1-8(19-12(18)14-2)9-3-4-11(15-5-9)17-7-10(13)6-16-17/h3-8H,1-2H3,(H,14,18). The normalized spacial score (nSPS) is 11.9. The Morgan fingerprint density at radius 1 is 1.47 bits per heavy atom. The van der Waals surface area contributed by atoms with Gasteiger partial charge >= 0.3 is 6.09 Å². The van der Waals surface area contributed by atoms with Crippen molar-refractivity contribution in [2.45, 2.75) is 13.0 Å². The Morgan fingerprint density at radius 3 is 2.79 bits per heavy atom. The fourth-order valence-corrected chi connectivity index (χ4v) is 1.49. The van der Waals surface area contributed by atoms with Crippen molar-refractivity contribution in [3.63, 3.8) is 0 Å². The summed E-state index contributed by atoms with van der Waals surface area (Å²) in [7, 11) is 1.49. The molecule has 2 aromatic heterocycles. The Hall–Kier alpha value is -2.44. The van der Waals surface area contributed by atoms with Crippen LogP contribution in [0.25, 0.3) is 5.82 Å². The van der Waals surface area contributed by atoms with Crippen LogP contribution in [0.4, 0.5) is 9.18 Å². The van der Waals surface area contributed by atoms with E-state index in [0.717, 1.165) is 11.8 Å². The van der Waals surface area contributed by atoms with Gasteiger partial charge < -0.3 is 10.1 Å². The van der Waals surface area contributed by atoms with E-state index in [1.807, 2.05) is 0 Å². The molecule has 0 aromatic carbocycles. The molecule has 2 aromatic rings. The number of hydrogen-bond acceptors (Lipinski definition) is 4. The smallest absolute Gasteiger partial charge is 0.407 e. The molecule has 0 fully saturated rings. The third-order valence-corrected chi connectivity index (χ3v) is 2.51. The van der Waals surface area contributed by atoms with E-state index in [9.17, 15) is 9.18 Å². The number of ether oxygens (including phenoxy) is 1. The van der Waals surface area contributed by atoms with Crippen LogP contribution in [-0.4, -0.2) is 27.9 Å². The van der Waals surface area contributed by atoms with Crippen LogP contribution in [0.15, 0.2) is 30.7 Å². The molecule has 0 saturated carbocycles. The van der Waals surface area contributed by atoms with Gasteiger partial charge in [0.05, 0.1) is 12.4 Å². The summed E-state index contributed by atoms with van der Waals surface area (Å²) in [4.78, 5) is 15.2. The summed E-state index contributed by atoms with van der Waals surface area (Å²) in [6, 6.07) is 3.42. The van der Waals surface area contributed by atoms with Gasteiger partial charge in [-0.15, -0.1) is 0 Å². The molecular weight excluding hydrogens is 251 g/mol. The van der Waals surface area contributed by atoms with E-state index in [1.54, 1.807) is 25.3 Å². The average molecular weight is 264 g/mol. The zero-order valence-corrected chi connectivity index (χ0v) is 10.5. The van der Waals surface area contributed by atoms with Crippen molar-refractivity contribution >= 4 is 6.09 Å². The molecule has 100 valence electrons. The number of halogens is 1. The average Bonchev–Trinajstić information content (AvgIpc) is 2.85. The predicted octanol–water partition coefficient (Wildman–Crippen LogP) is 1.82. The van der Waals surface area contributed by atoms with Crippen molar-refractivity contribution in [3.05, 3.63) is 42.1 Å². The molecule has 0 aliphatic heterocycles. The number of carbonyl (C=O) groups is 1. The molecule has 0 radical (unpaired) electrons. The zero-order valence-electron chi connectivity index (χ0n) is 10.5. The van der Waals surface area contributed by atoms with Gasteiger partial charge in [-0.3, -0.25) is 0 Å². The third-order valence-electron chi connectivity index (χ3n) is 2.51. The van der Waals surface area contributed by atoms with Crippen LogP contribution in [0.2, 0.25) is 0 Å². The van der Waals surface area contributed by atoms with Gasteiger partial charge in [0.15, 0.2) is 11.6 Å². The second-order valence-corrected chi connectivity index (χ2v) is 3.85. The minimum atomic E-state index is -0.509. The molecular formula is C12H13FN4O2. The topological polar surface area (TPSA) is 69.0 Å². The molecule has 1 amide bonds. The van der Waals surface area contributed by atoms with Gasteiger partial charge in [0.1, 0.15) is 6.10 Å². The lowest BCUT2D eigenvalue weighted by atomic mass is 10.2. The molecule has 1 atom stereocenters. The first kappa shape index (κ1) is 13.0. The molecule has 1 unspecified atom stereocenters. The third kappa shape index (κ3) is 3.06. The highest BCUT2D eigenvalue weighted by Gasteiger charge is 2.11. The molecule has 0 spiro atoms. The van der Waals surface area contributed by atoms with Crippen molar-refractivity contribution in [1.82, 2.24) is 20.1 Å². The van der Waals surface area contributed by atoms with Crippen LogP contribution >= 0.6 is 0 Å². The number of carbonyl (C=O) groups excluding carboxylic acids is 1. The fourth-order valence-electron chi connectivity index (χ4n) is 1.49. The summed E-state index contributed by atoms with van der Waals surface area (Å²) in [5, 5.41) is 6.17. The van der Waals surface area contributed by atoms with E-state index in [2.05, 4.69) is 15.4 Å². The molecule has 0 aliphatic carbocycles. The molecule has 1 N–H and O–H groups in total. The Labute approximate surface area is 109 Å². The second kappa shape index (κ2) is 5.47. The highest BCUT2D eigenvalue weighted by atomic mass is 19.1. The van der Waals surface area contributed by atoms with Crippen LogP contribution in [0.3, 0.4) is 0 Å². The highest BCUT2D eigenvalue weighted by molar-refractivity contribution is 5.67. The lowest BCUT2D eigenvalue weighted by Crippen LogP contribution is -2.20. The van der Waals surface area contributed by atoms with Crippen molar-refractivity contribution in [2.75, 3.05) is 7.05 Å². The number of rotatable bonds is 3. The summed E-state index contributed by atoms with van der Waals surface area (Å²) in [6.45, 7) is 1.74. The predicted molar refractivity (Wildman–Crippen MR) is 65.3 cm³/mol. The maximum absolute atomic E-state index is 12.8. The van der Waals surface area contributed by atoms with E-state index >= 15 is 0 Å². The largest absolute Gasteiger partial charge is 0.442 e. The Kier molecular flexibility index (Phi) is 3.74. The molecule has 0 saturated heterocycles. The fraction of sp³-hybridized carbons (Fsp3) is 0.250. The van der Waals surface area contributed by atoms with Crippen LogP contribution in [-0.2, 0) is 4.74 Å². The summed E-state index contributed by atoms with van der Waals surface area (Å²) in [6.07, 6.45) is 2.96. The first-order valence-corrected chi connectivity index (χ1v) is 5.65. The Morgan fingerprint density at radius 2 is 2.26 bits per heavy atom. The number of nitrogens with one attached hydrogen (secondary N) is 1. The molecule has 7 heteroatoms. The van der Waals surface area contributed by atoms with Crippen LogP contribution in [0.1, 0.15) is 18.6 Å². The summed E-state index contributed by atoms with van der Waals surface area (Å²) in [5.74, 6) is 0.0574. The van der Waals surface area contributed by atoms with Crippen LogP contribution in [0, 0.1) is 5.82 Å². The highest BCUT2D eigenvalue weighted by Crippen LogP contribution is 2.16. The van der Waals surface area contributed by atoms with Gasteiger partial charge in [0, 0.05) is 18.8 Å². The minimum Gasteiger partial charge on any atom is -0.442 e. The van der Waals surface area contributed by atoms with Gasteiger partial charge in [0.2, 0.25) is 0 Å². The van der Waals surface area contributed by atoms with Crippen molar-refractivity contribution in [2.24, 2.45) is 0 Å². The number of pyridine rings is 1. The van der Waals surface area contributed by atoms with E-state index in [4.69, 9.17) is 4.74 Å². The lowest BCUT2D eigenvalue weighted by molar-refractivity contribution is 0.109. The van der Waals surface area contributed by atoms with Gasteiger partial charge in [0.25, 0.3) is 0 Å². The summed E-state index contributed by atoms with van der Waals surface area (Å²) >= 11 is 0. The van der Waals surface area contributed by atoms with Crippen molar-refractivity contribution < 1.29 is 13.9 Å². The van der Waals surface area contributed by atoms with Crippen LogP contribution in [0.5, 0.6) is 0 Å².